The molecular formula is C18H19BrN2O3. The molecule has 5 nitrogen and oxygen atoms in total. The van der Waals surface area contributed by atoms with Gasteiger partial charge in [0.05, 0.1) is 7.11 Å². The Balaban J connectivity index is 2.03. The first kappa shape index (κ1) is 16.8. The number of hydrogen-bond donors (Lipinski definition) is 1. The molecule has 0 bridgehead atoms. The molecule has 1 amide bonds. The molecule has 1 aliphatic rings. The van der Waals surface area contributed by atoms with Crippen LogP contribution in [0.5, 0.6) is 5.75 Å². The van der Waals surface area contributed by atoms with E-state index in [0.717, 1.165) is 29.4 Å². The van der Waals surface area contributed by atoms with Gasteiger partial charge >= 0.3 is 0 Å². The maximum atomic E-state index is 12.9. The van der Waals surface area contributed by atoms with Gasteiger partial charge in [0, 0.05) is 28.5 Å². The zero-order valence-corrected chi connectivity index (χ0v) is 15.1. The summed E-state index contributed by atoms with van der Waals surface area (Å²) >= 11 is 3.37. The van der Waals surface area contributed by atoms with Crippen LogP contribution in [0.3, 0.4) is 0 Å². The summed E-state index contributed by atoms with van der Waals surface area (Å²) in [5, 5.41) is 2.89. The van der Waals surface area contributed by atoms with Gasteiger partial charge in [-0.3, -0.25) is 9.59 Å². The molecule has 2 heterocycles. The van der Waals surface area contributed by atoms with Crippen LogP contribution in [0, 0.1) is 0 Å². The lowest BCUT2D eigenvalue weighted by atomic mass is 10.1. The number of rotatable bonds is 3. The second-order valence-electron chi connectivity index (χ2n) is 5.80. The minimum absolute atomic E-state index is 0.107. The molecule has 1 aromatic heterocycles. The molecule has 6 heteroatoms. The van der Waals surface area contributed by atoms with Crippen molar-refractivity contribution in [1.82, 2.24) is 4.57 Å². The van der Waals surface area contributed by atoms with Crippen molar-refractivity contribution in [2.75, 3.05) is 12.4 Å². The highest BCUT2D eigenvalue weighted by Gasteiger charge is 2.23. The van der Waals surface area contributed by atoms with E-state index in [2.05, 4.69) is 21.2 Å². The molecule has 0 saturated carbocycles. The first-order chi connectivity index (χ1) is 11.6. The van der Waals surface area contributed by atoms with Crippen molar-refractivity contribution in [3.8, 4) is 5.75 Å². The topological polar surface area (TPSA) is 60.3 Å². The molecule has 0 fully saturated rings. The third kappa shape index (κ3) is 3.38. The summed E-state index contributed by atoms with van der Waals surface area (Å²) < 4.78 is 7.99. The van der Waals surface area contributed by atoms with Crippen molar-refractivity contribution in [2.45, 2.75) is 32.2 Å². The molecule has 1 aromatic carbocycles. The molecule has 1 N–H and O–H groups in total. The number of pyridine rings is 1. The molecule has 3 rings (SSSR count). The smallest absolute Gasteiger partial charge is 0.261 e. The van der Waals surface area contributed by atoms with Crippen LogP contribution in [0.2, 0.25) is 0 Å². The van der Waals surface area contributed by atoms with E-state index in [9.17, 15) is 9.59 Å². The number of halogens is 1. The zero-order chi connectivity index (χ0) is 17.1. The first-order valence-electron chi connectivity index (χ1n) is 7.98. The van der Waals surface area contributed by atoms with Crippen LogP contribution in [0.25, 0.3) is 0 Å². The average Bonchev–Trinajstić information content (AvgIpc) is 2.83. The van der Waals surface area contributed by atoms with Crippen molar-refractivity contribution in [2.24, 2.45) is 0 Å². The summed E-state index contributed by atoms with van der Waals surface area (Å²) in [6, 6.07) is 8.78. The van der Waals surface area contributed by atoms with Crippen LogP contribution in [0.4, 0.5) is 5.69 Å². The van der Waals surface area contributed by atoms with E-state index in [1.165, 1.54) is 13.2 Å². The molecule has 24 heavy (non-hydrogen) atoms. The minimum atomic E-state index is -0.250. The minimum Gasteiger partial charge on any atom is -0.496 e. The lowest BCUT2D eigenvalue weighted by molar-refractivity contribution is 0.102. The number of methoxy groups -OCH3 is 1. The second-order valence-corrected chi connectivity index (χ2v) is 6.71. The van der Waals surface area contributed by atoms with Gasteiger partial charge in [-0.15, -0.1) is 0 Å². The van der Waals surface area contributed by atoms with E-state index in [-0.39, 0.29) is 11.5 Å². The van der Waals surface area contributed by atoms with Crippen LogP contribution in [0.1, 0.15) is 35.3 Å². The Hall–Kier alpha value is -2.08. The highest BCUT2D eigenvalue weighted by molar-refractivity contribution is 9.10. The van der Waals surface area contributed by atoms with E-state index in [1.54, 1.807) is 4.57 Å². The van der Waals surface area contributed by atoms with Gasteiger partial charge in [0.2, 0.25) is 0 Å². The Kier molecular flexibility index (Phi) is 5.04. The summed E-state index contributed by atoms with van der Waals surface area (Å²) in [4.78, 5) is 25.2. The highest BCUT2D eigenvalue weighted by Crippen LogP contribution is 2.26. The summed E-state index contributed by atoms with van der Waals surface area (Å²) in [5.74, 6) is 0.0857. The number of nitrogens with zero attached hydrogens (tertiary/aromatic N) is 1. The van der Waals surface area contributed by atoms with Gasteiger partial charge in [0.25, 0.3) is 11.5 Å². The number of carbonyl (C=O) groups is 1. The maximum absolute atomic E-state index is 12.9. The fourth-order valence-electron chi connectivity index (χ4n) is 3.05. The van der Waals surface area contributed by atoms with Crippen molar-refractivity contribution < 1.29 is 9.53 Å². The fraction of sp³-hybridized carbons (Fsp3) is 0.333. The molecular weight excluding hydrogens is 372 g/mol. The summed E-state index contributed by atoms with van der Waals surface area (Å²) in [6.07, 6.45) is 3.67. The maximum Gasteiger partial charge on any atom is 0.261 e. The Bertz CT molecular complexity index is 812. The standard InChI is InChI=1S/C18H19BrN2O3/c1-24-15-11-16(22)21-10-4-2-3-5-14(21)17(15)18(23)20-13-8-6-12(19)7-9-13/h6-9,11H,2-5,10H2,1H3,(H,20,23). The van der Waals surface area contributed by atoms with Crippen molar-refractivity contribution in [3.05, 3.63) is 56.4 Å². The number of amides is 1. The number of benzene rings is 1. The monoisotopic (exact) mass is 390 g/mol. The molecule has 0 unspecified atom stereocenters. The molecule has 0 spiro atoms. The molecule has 0 atom stereocenters. The van der Waals surface area contributed by atoms with Crippen molar-refractivity contribution in [1.29, 1.82) is 0 Å². The highest BCUT2D eigenvalue weighted by atomic mass is 79.9. The van der Waals surface area contributed by atoms with Crippen molar-refractivity contribution >= 4 is 27.5 Å². The average molecular weight is 391 g/mol. The van der Waals surface area contributed by atoms with Gasteiger partial charge in [-0.1, -0.05) is 22.4 Å². The Morgan fingerprint density at radius 3 is 2.67 bits per heavy atom. The Morgan fingerprint density at radius 2 is 1.96 bits per heavy atom. The quantitative estimate of drug-likeness (QED) is 0.870. The molecule has 1 aliphatic heterocycles. The number of fused-ring (bicyclic) bond motifs is 1. The lowest BCUT2D eigenvalue weighted by Gasteiger charge is -2.17. The molecule has 0 aliphatic carbocycles. The van der Waals surface area contributed by atoms with Gasteiger partial charge in [-0.05, 0) is 43.5 Å². The van der Waals surface area contributed by atoms with E-state index in [0.29, 0.717) is 30.0 Å². The van der Waals surface area contributed by atoms with Gasteiger partial charge in [0.1, 0.15) is 11.3 Å². The largest absolute Gasteiger partial charge is 0.496 e. The van der Waals surface area contributed by atoms with Crippen LogP contribution in [-0.4, -0.2) is 17.6 Å². The number of aromatic nitrogens is 1. The number of carbonyl (C=O) groups excluding carboxylic acids is 1. The van der Waals surface area contributed by atoms with E-state index in [4.69, 9.17) is 4.74 Å². The Labute approximate surface area is 148 Å². The van der Waals surface area contributed by atoms with Crippen LogP contribution >= 0.6 is 15.9 Å². The number of ether oxygens (including phenoxy) is 1. The molecule has 2 aromatic rings. The lowest BCUT2D eigenvalue weighted by Crippen LogP contribution is -2.27. The van der Waals surface area contributed by atoms with E-state index in [1.807, 2.05) is 24.3 Å². The van der Waals surface area contributed by atoms with Gasteiger partial charge in [-0.2, -0.15) is 0 Å². The summed E-state index contributed by atoms with van der Waals surface area (Å²) in [7, 11) is 1.49. The first-order valence-corrected chi connectivity index (χ1v) is 8.77. The van der Waals surface area contributed by atoms with E-state index >= 15 is 0 Å². The number of anilines is 1. The van der Waals surface area contributed by atoms with Gasteiger partial charge < -0.3 is 14.6 Å². The Morgan fingerprint density at radius 1 is 1.21 bits per heavy atom. The third-order valence-electron chi connectivity index (χ3n) is 4.23. The fourth-order valence-corrected chi connectivity index (χ4v) is 3.31. The van der Waals surface area contributed by atoms with Crippen LogP contribution in [-0.2, 0) is 13.0 Å². The SMILES string of the molecule is COc1cc(=O)n2c(c1C(=O)Nc1ccc(Br)cc1)CCCCC2. The van der Waals surface area contributed by atoms with Crippen LogP contribution < -0.4 is 15.6 Å². The second kappa shape index (κ2) is 7.21. The van der Waals surface area contributed by atoms with Crippen molar-refractivity contribution in [3.63, 3.8) is 0 Å². The van der Waals surface area contributed by atoms with E-state index < -0.39 is 0 Å². The predicted molar refractivity (Wildman–Crippen MR) is 96.9 cm³/mol. The normalized spacial score (nSPS) is 13.8. The molecule has 0 saturated heterocycles. The molecule has 126 valence electrons. The predicted octanol–water partition coefficient (Wildman–Crippen LogP) is 3.60. The third-order valence-corrected chi connectivity index (χ3v) is 4.75. The van der Waals surface area contributed by atoms with Gasteiger partial charge in [0.15, 0.2) is 0 Å². The number of hydrogen-bond acceptors (Lipinski definition) is 3. The summed E-state index contributed by atoms with van der Waals surface area (Å²) in [5.41, 5.74) is 1.82. The molecule has 0 radical (unpaired) electrons. The number of nitrogens with one attached hydrogen (secondary N) is 1. The van der Waals surface area contributed by atoms with Gasteiger partial charge in [-0.25, -0.2) is 0 Å². The van der Waals surface area contributed by atoms with Crippen LogP contribution in [0.15, 0.2) is 39.6 Å². The summed E-state index contributed by atoms with van der Waals surface area (Å²) in [6.45, 7) is 0.650. The zero-order valence-electron chi connectivity index (χ0n) is 13.5.